The van der Waals surface area contributed by atoms with E-state index in [2.05, 4.69) is 11.8 Å². The third-order valence-corrected chi connectivity index (χ3v) is 4.82. The Morgan fingerprint density at radius 1 is 1.04 bits per heavy atom. The smallest absolute Gasteiger partial charge is 0.102 e. The zero-order chi connectivity index (χ0) is 17.2. The first kappa shape index (κ1) is 20.8. The summed E-state index contributed by atoms with van der Waals surface area (Å²) in [5, 5.41) is 30.3. The lowest BCUT2D eigenvalue weighted by atomic mass is 10.1. The van der Waals surface area contributed by atoms with Gasteiger partial charge in [-0.15, -0.1) is 0 Å². The summed E-state index contributed by atoms with van der Waals surface area (Å²) in [7, 11) is 1.99. The minimum Gasteiger partial charge on any atom is -0.391 e. The van der Waals surface area contributed by atoms with Crippen molar-refractivity contribution in [3.8, 4) is 0 Å². The van der Waals surface area contributed by atoms with E-state index in [1.165, 1.54) is 25.7 Å². The number of rotatable bonds is 12. The van der Waals surface area contributed by atoms with Crippen molar-refractivity contribution in [3.05, 3.63) is 0 Å². The second-order valence-electron chi connectivity index (χ2n) is 7.00. The van der Waals surface area contributed by atoms with Gasteiger partial charge in [0.05, 0.1) is 31.0 Å². The number of aliphatic hydroxyl groups excluding tert-OH is 3. The monoisotopic (exact) mass is 331 g/mol. The molecule has 5 heteroatoms. The Hall–Kier alpha value is -0.200. The molecule has 1 aliphatic rings. The molecule has 0 saturated heterocycles. The largest absolute Gasteiger partial charge is 0.391 e. The van der Waals surface area contributed by atoms with E-state index in [9.17, 15) is 15.3 Å². The van der Waals surface area contributed by atoms with Crippen LogP contribution in [0, 0.1) is 0 Å². The van der Waals surface area contributed by atoms with E-state index in [1.54, 1.807) is 0 Å². The van der Waals surface area contributed by atoms with E-state index < -0.39 is 24.4 Å². The van der Waals surface area contributed by atoms with Gasteiger partial charge in [0, 0.05) is 6.42 Å². The average molecular weight is 331 g/mol. The average Bonchev–Trinajstić information content (AvgIpc) is 2.79. The van der Waals surface area contributed by atoms with Crippen molar-refractivity contribution < 1.29 is 20.1 Å². The SMILES string of the molecule is CCCCCCCN(C)C1C(O)CC(O)C1OCC(O)CCC. The Morgan fingerprint density at radius 2 is 1.74 bits per heavy atom. The van der Waals surface area contributed by atoms with Gasteiger partial charge in [0.25, 0.3) is 0 Å². The van der Waals surface area contributed by atoms with Gasteiger partial charge in [-0.05, 0) is 26.4 Å². The van der Waals surface area contributed by atoms with Gasteiger partial charge in [0.1, 0.15) is 6.10 Å². The summed E-state index contributed by atoms with van der Waals surface area (Å²) in [6.45, 7) is 5.35. The van der Waals surface area contributed by atoms with Crippen LogP contribution in [0.2, 0.25) is 0 Å². The second-order valence-corrected chi connectivity index (χ2v) is 7.00. The second kappa shape index (κ2) is 11.4. The Kier molecular flexibility index (Phi) is 10.3. The quantitative estimate of drug-likeness (QED) is 0.477. The van der Waals surface area contributed by atoms with E-state index in [4.69, 9.17) is 4.74 Å². The molecule has 0 radical (unpaired) electrons. The predicted molar refractivity (Wildman–Crippen MR) is 92.5 cm³/mol. The number of hydrogen-bond acceptors (Lipinski definition) is 5. The summed E-state index contributed by atoms with van der Waals surface area (Å²) in [6, 6.07) is -0.190. The van der Waals surface area contributed by atoms with Crippen molar-refractivity contribution in [3.63, 3.8) is 0 Å². The highest BCUT2D eigenvalue weighted by molar-refractivity contribution is 4.98. The van der Waals surface area contributed by atoms with Crippen LogP contribution in [0.15, 0.2) is 0 Å². The summed E-state index contributed by atoms with van der Waals surface area (Å²) in [6.07, 6.45) is 5.86. The molecule has 0 aromatic heterocycles. The van der Waals surface area contributed by atoms with Crippen LogP contribution in [-0.2, 0) is 4.74 Å². The molecule has 1 fully saturated rings. The minimum atomic E-state index is -0.661. The van der Waals surface area contributed by atoms with E-state index in [0.717, 1.165) is 19.4 Å². The van der Waals surface area contributed by atoms with Gasteiger partial charge in [-0.1, -0.05) is 46.0 Å². The third kappa shape index (κ3) is 7.06. The van der Waals surface area contributed by atoms with Crippen LogP contribution in [0.4, 0.5) is 0 Å². The fraction of sp³-hybridized carbons (Fsp3) is 1.00. The maximum atomic E-state index is 10.3. The topological polar surface area (TPSA) is 73.2 Å². The Balaban J connectivity index is 2.44. The number of nitrogens with zero attached hydrogens (tertiary/aromatic N) is 1. The van der Waals surface area contributed by atoms with Crippen LogP contribution >= 0.6 is 0 Å². The fourth-order valence-electron chi connectivity index (χ4n) is 3.47. The summed E-state index contributed by atoms with van der Waals surface area (Å²) >= 11 is 0. The zero-order valence-electron chi connectivity index (χ0n) is 15.2. The molecule has 0 amide bonds. The normalized spacial score (nSPS) is 29.3. The number of unbranched alkanes of at least 4 members (excludes halogenated alkanes) is 4. The Bertz CT molecular complexity index is 303. The highest BCUT2D eigenvalue weighted by Gasteiger charge is 2.44. The summed E-state index contributed by atoms with van der Waals surface area (Å²) in [4.78, 5) is 2.11. The van der Waals surface area contributed by atoms with Crippen molar-refractivity contribution in [2.45, 2.75) is 95.7 Å². The number of ether oxygens (including phenoxy) is 1. The molecule has 1 rings (SSSR count). The van der Waals surface area contributed by atoms with Gasteiger partial charge in [-0.25, -0.2) is 0 Å². The fourth-order valence-corrected chi connectivity index (χ4v) is 3.47. The van der Waals surface area contributed by atoms with Gasteiger partial charge in [-0.3, -0.25) is 4.90 Å². The van der Waals surface area contributed by atoms with E-state index in [1.807, 2.05) is 14.0 Å². The first-order valence-electron chi connectivity index (χ1n) is 9.37. The molecule has 0 spiro atoms. The lowest BCUT2D eigenvalue weighted by molar-refractivity contribution is -0.0832. The molecule has 0 aromatic rings. The predicted octanol–water partition coefficient (Wildman–Crippen LogP) is 1.93. The third-order valence-electron chi connectivity index (χ3n) is 4.82. The summed E-state index contributed by atoms with van der Waals surface area (Å²) < 4.78 is 5.78. The Labute approximate surface area is 141 Å². The molecule has 1 saturated carbocycles. The zero-order valence-corrected chi connectivity index (χ0v) is 15.2. The van der Waals surface area contributed by atoms with Crippen molar-refractivity contribution >= 4 is 0 Å². The maximum Gasteiger partial charge on any atom is 0.102 e. The molecule has 5 atom stereocenters. The molecule has 0 bridgehead atoms. The van der Waals surface area contributed by atoms with Gasteiger partial charge in [0.2, 0.25) is 0 Å². The maximum absolute atomic E-state index is 10.3. The molecule has 5 nitrogen and oxygen atoms in total. The first-order chi connectivity index (χ1) is 11.0. The molecule has 5 unspecified atom stereocenters. The van der Waals surface area contributed by atoms with Crippen LogP contribution in [0.3, 0.4) is 0 Å². The van der Waals surface area contributed by atoms with Gasteiger partial charge < -0.3 is 20.1 Å². The van der Waals surface area contributed by atoms with Crippen LogP contribution in [0.25, 0.3) is 0 Å². The highest BCUT2D eigenvalue weighted by Crippen LogP contribution is 2.28. The van der Waals surface area contributed by atoms with Gasteiger partial charge in [-0.2, -0.15) is 0 Å². The number of likely N-dealkylation sites (N-methyl/N-ethyl adjacent to an activating group) is 1. The highest BCUT2D eigenvalue weighted by atomic mass is 16.5. The number of hydrogen-bond donors (Lipinski definition) is 3. The summed E-state index contributed by atoms with van der Waals surface area (Å²) in [5.41, 5.74) is 0. The standard InChI is InChI=1S/C18H37NO4/c1-4-6-7-8-9-11-19(3)17-15(21)12-16(22)18(17)23-13-14(20)10-5-2/h14-18,20-22H,4-13H2,1-3H3. The Morgan fingerprint density at radius 3 is 2.39 bits per heavy atom. The lowest BCUT2D eigenvalue weighted by Crippen LogP contribution is -2.48. The van der Waals surface area contributed by atoms with Crippen molar-refractivity contribution in [1.29, 1.82) is 0 Å². The van der Waals surface area contributed by atoms with Crippen LogP contribution in [0.5, 0.6) is 0 Å². The van der Waals surface area contributed by atoms with Crippen molar-refractivity contribution in [2.24, 2.45) is 0 Å². The molecule has 0 aromatic carbocycles. The lowest BCUT2D eigenvalue weighted by Gasteiger charge is -2.32. The molecule has 0 heterocycles. The molecule has 23 heavy (non-hydrogen) atoms. The molecular weight excluding hydrogens is 294 g/mol. The molecule has 138 valence electrons. The first-order valence-corrected chi connectivity index (χ1v) is 9.37. The van der Waals surface area contributed by atoms with Crippen molar-refractivity contribution in [2.75, 3.05) is 20.2 Å². The summed E-state index contributed by atoms with van der Waals surface area (Å²) in [5.74, 6) is 0. The van der Waals surface area contributed by atoms with Gasteiger partial charge in [0.15, 0.2) is 0 Å². The molecule has 3 N–H and O–H groups in total. The van der Waals surface area contributed by atoms with Gasteiger partial charge >= 0.3 is 0 Å². The molecule has 1 aliphatic carbocycles. The van der Waals surface area contributed by atoms with Crippen LogP contribution in [0.1, 0.15) is 65.2 Å². The molecular formula is C18H37NO4. The minimum absolute atomic E-state index is 0.190. The molecule has 0 aliphatic heterocycles. The van der Waals surface area contributed by atoms with Crippen LogP contribution in [-0.4, -0.2) is 70.9 Å². The van der Waals surface area contributed by atoms with Crippen LogP contribution < -0.4 is 0 Å². The van der Waals surface area contributed by atoms with E-state index in [0.29, 0.717) is 12.8 Å². The van der Waals surface area contributed by atoms with E-state index >= 15 is 0 Å². The van der Waals surface area contributed by atoms with E-state index in [-0.39, 0.29) is 12.6 Å². The number of aliphatic hydroxyl groups is 3. The van der Waals surface area contributed by atoms with Crippen molar-refractivity contribution in [1.82, 2.24) is 4.90 Å².